The maximum Gasteiger partial charge on any atom is 0.292 e. The van der Waals surface area contributed by atoms with Gasteiger partial charge in [-0.25, -0.2) is 4.39 Å². The first kappa shape index (κ1) is 16.9. The number of halogens is 1. The highest BCUT2D eigenvalue weighted by atomic mass is 19.1. The maximum absolute atomic E-state index is 12.9. The van der Waals surface area contributed by atoms with Gasteiger partial charge >= 0.3 is 0 Å². The fraction of sp³-hybridized carbons (Fsp3) is 0.421. The Kier molecular flexibility index (Phi) is 4.79. The number of carbonyl (C=O) groups is 1. The summed E-state index contributed by atoms with van der Waals surface area (Å²) in [5.74, 6) is 0.113. The molecule has 1 aromatic heterocycles. The smallest absolute Gasteiger partial charge is 0.292 e. The molecule has 1 atom stereocenters. The van der Waals surface area contributed by atoms with Crippen LogP contribution in [0.5, 0.6) is 0 Å². The number of hydrogen-bond acceptors (Lipinski definition) is 5. The summed E-state index contributed by atoms with van der Waals surface area (Å²) in [6.07, 6.45) is 8.03. The molecule has 1 aliphatic carbocycles. The second kappa shape index (κ2) is 7.37. The number of aromatic nitrogens is 2. The molecule has 4 rings (SSSR count). The van der Waals surface area contributed by atoms with E-state index in [4.69, 9.17) is 4.52 Å². The first-order chi connectivity index (χ1) is 12.7. The van der Waals surface area contributed by atoms with Crippen LogP contribution in [-0.4, -0.2) is 40.1 Å². The first-order valence-corrected chi connectivity index (χ1v) is 8.99. The van der Waals surface area contributed by atoms with Gasteiger partial charge in [-0.05, 0) is 49.9 Å². The molecular weight excluding hydrogens is 335 g/mol. The van der Waals surface area contributed by atoms with Gasteiger partial charge in [-0.2, -0.15) is 4.98 Å². The molecule has 1 amide bonds. The summed E-state index contributed by atoms with van der Waals surface area (Å²) >= 11 is 0. The number of nitrogens with zero attached hydrogens (tertiary/aromatic N) is 3. The second-order valence-corrected chi connectivity index (χ2v) is 6.81. The molecule has 0 radical (unpaired) electrons. The number of hydrogen-bond donors (Lipinski definition) is 1. The molecule has 1 aliphatic heterocycles. The van der Waals surface area contributed by atoms with Crippen molar-refractivity contribution in [3.05, 3.63) is 53.4 Å². The average Bonchev–Trinajstić information content (AvgIpc) is 3.12. The van der Waals surface area contributed by atoms with Crippen LogP contribution < -0.4 is 5.32 Å². The van der Waals surface area contributed by atoms with Crippen LogP contribution in [-0.2, 0) is 0 Å². The number of likely N-dealkylation sites (tertiary alicyclic amines) is 1. The topological polar surface area (TPSA) is 71.3 Å². The van der Waals surface area contributed by atoms with Gasteiger partial charge in [0.15, 0.2) is 0 Å². The van der Waals surface area contributed by atoms with Gasteiger partial charge in [0.05, 0.1) is 6.04 Å². The van der Waals surface area contributed by atoms with Crippen LogP contribution in [0.25, 0.3) is 6.08 Å². The third-order valence-electron chi connectivity index (χ3n) is 4.73. The fourth-order valence-corrected chi connectivity index (χ4v) is 3.16. The largest absolute Gasteiger partial charge is 0.346 e. The zero-order valence-electron chi connectivity index (χ0n) is 14.4. The van der Waals surface area contributed by atoms with Gasteiger partial charge in [-0.15, -0.1) is 0 Å². The molecule has 0 bridgehead atoms. The van der Waals surface area contributed by atoms with E-state index in [-0.39, 0.29) is 29.6 Å². The van der Waals surface area contributed by atoms with Crippen LogP contribution in [0.4, 0.5) is 4.39 Å². The Morgan fingerprint density at radius 2 is 2.12 bits per heavy atom. The summed E-state index contributed by atoms with van der Waals surface area (Å²) in [4.78, 5) is 18.6. The molecule has 2 aromatic rings. The molecule has 136 valence electrons. The highest BCUT2D eigenvalue weighted by Crippen LogP contribution is 2.30. The molecule has 6 nitrogen and oxygen atoms in total. The minimum absolute atomic E-state index is 0.0304. The molecule has 2 heterocycles. The van der Waals surface area contributed by atoms with Crippen LogP contribution >= 0.6 is 0 Å². The maximum atomic E-state index is 12.9. The van der Waals surface area contributed by atoms with E-state index in [1.54, 1.807) is 12.1 Å². The second-order valence-electron chi connectivity index (χ2n) is 6.81. The molecule has 26 heavy (non-hydrogen) atoms. The molecule has 7 heteroatoms. The Morgan fingerprint density at radius 3 is 2.88 bits per heavy atom. The van der Waals surface area contributed by atoms with Crippen molar-refractivity contribution in [1.29, 1.82) is 0 Å². The molecule has 1 saturated carbocycles. The summed E-state index contributed by atoms with van der Waals surface area (Å²) in [7, 11) is 0. The van der Waals surface area contributed by atoms with Gasteiger partial charge < -0.3 is 9.84 Å². The number of nitrogens with one attached hydrogen (secondary N) is 1. The van der Waals surface area contributed by atoms with Gasteiger partial charge in [0.1, 0.15) is 5.82 Å². The van der Waals surface area contributed by atoms with Crippen LogP contribution in [0.3, 0.4) is 0 Å². The van der Waals surface area contributed by atoms with Gasteiger partial charge in [0.2, 0.25) is 5.89 Å². The van der Waals surface area contributed by atoms with Crippen LogP contribution in [0.15, 0.2) is 34.9 Å². The molecular formula is C19H21FN4O2. The predicted molar refractivity (Wildman–Crippen MR) is 93.8 cm³/mol. The third kappa shape index (κ3) is 3.99. The van der Waals surface area contributed by atoms with Crippen molar-refractivity contribution in [3.8, 4) is 0 Å². The van der Waals surface area contributed by atoms with Crippen molar-refractivity contribution in [2.24, 2.45) is 0 Å². The number of carbonyl (C=O) groups excluding carboxylic acids is 1. The standard InChI is InChI=1S/C19H21FN4O2/c20-14-7-5-13(6-8-14)3-1-11-24-12-2-4-16(24)19-22-17(23-26-19)18(25)21-15-9-10-15/h1,3,5-8,15-16H,2,4,9-12H2,(H,21,25)/b3-1+. The molecule has 1 saturated heterocycles. The van der Waals surface area contributed by atoms with Crippen molar-refractivity contribution in [1.82, 2.24) is 20.4 Å². The van der Waals surface area contributed by atoms with Crippen LogP contribution in [0.1, 0.15) is 53.8 Å². The van der Waals surface area contributed by atoms with E-state index in [9.17, 15) is 9.18 Å². The summed E-state index contributed by atoms with van der Waals surface area (Å²) in [6, 6.07) is 6.69. The summed E-state index contributed by atoms with van der Waals surface area (Å²) in [5.41, 5.74) is 0.957. The minimum Gasteiger partial charge on any atom is -0.346 e. The first-order valence-electron chi connectivity index (χ1n) is 8.99. The van der Waals surface area contributed by atoms with E-state index in [2.05, 4.69) is 20.4 Å². The third-order valence-corrected chi connectivity index (χ3v) is 4.73. The van der Waals surface area contributed by atoms with Crippen molar-refractivity contribution in [2.75, 3.05) is 13.1 Å². The lowest BCUT2D eigenvalue weighted by Crippen LogP contribution is -2.27. The number of amides is 1. The van der Waals surface area contributed by atoms with Crippen molar-refractivity contribution in [3.63, 3.8) is 0 Å². The van der Waals surface area contributed by atoms with E-state index in [0.717, 1.165) is 44.3 Å². The average molecular weight is 356 g/mol. The van der Waals surface area contributed by atoms with Crippen LogP contribution in [0, 0.1) is 5.82 Å². The molecule has 1 aromatic carbocycles. The zero-order chi connectivity index (χ0) is 17.9. The Labute approximate surface area is 151 Å². The Hall–Kier alpha value is -2.54. The van der Waals surface area contributed by atoms with E-state index in [1.807, 2.05) is 12.2 Å². The number of benzene rings is 1. The molecule has 2 fully saturated rings. The number of rotatable bonds is 6. The monoisotopic (exact) mass is 356 g/mol. The lowest BCUT2D eigenvalue weighted by Gasteiger charge is -2.19. The minimum atomic E-state index is -0.261. The lowest BCUT2D eigenvalue weighted by atomic mass is 10.2. The van der Waals surface area contributed by atoms with Crippen molar-refractivity contribution >= 4 is 12.0 Å². The van der Waals surface area contributed by atoms with Crippen molar-refractivity contribution < 1.29 is 13.7 Å². The Balaban J connectivity index is 1.37. The highest BCUT2D eigenvalue weighted by Gasteiger charge is 2.32. The summed E-state index contributed by atoms with van der Waals surface area (Å²) < 4.78 is 18.3. The van der Waals surface area contributed by atoms with E-state index in [1.165, 1.54) is 12.1 Å². The Bertz CT molecular complexity index is 798. The zero-order valence-corrected chi connectivity index (χ0v) is 14.4. The van der Waals surface area contributed by atoms with Gasteiger partial charge in [0, 0.05) is 12.6 Å². The van der Waals surface area contributed by atoms with Crippen LogP contribution in [0.2, 0.25) is 0 Å². The van der Waals surface area contributed by atoms with Crippen molar-refractivity contribution in [2.45, 2.75) is 37.8 Å². The van der Waals surface area contributed by atoms with Gasteiger partial charge in [0.25, 0.3) is 11.7 Å². The molecule has 1 unspecified atom stereocenters. The van der Waals surface area contributed by atoms with E-state index >= 15 is 0 Å². The van der Waals surface area contributed by atoms with Gasteiger partial charge in [-0.3, -0.25) is 9.69 Å². The fourth-order valence-electron chi connectivity index (χ4n) is 3.16. The van der Waals surface area contributed by atoms with Gasteiger partial charge in [-0.1, -0.05) is 29.4 Å². The predicted octanol–water partition coefficient (Wildman–Crippen LogP) is 2.95. The lowest BCUT2D eigenvalue weighted by molar-refractivity contribution is 0.0937. The summed E-state index contributed by atoms with van der Waals surface area (Å²) in [5, 5.41) is 6.70. The SMILES string of the molecule is O=C(NC1CC1)c1noc(C2CCCN2C/C=C/c2ccc(F)cc2)n1. The van der Waals surface area contributed by atoms with E-state index in [0.29, 0.717) is 5.89 Å². The summed E-state index contributed by atoms with van der Waals surface area (Å²) in [6.45, 7) is 1.67. The molecule has 2 aliphatic rings. The highest BCUT2D eigenvalue weighted by molar-refractivity contribution is 5.90. The Morgan fingerprint density at radius 1 is 1.31 bits per heavy atom. The van der Waals surface area contributed by atoms with E-state index < -0.39 is 0 Å². The molecule has 0 spiro atoms. The quantitative estimate of drug-likeness (QED) is 0.862. The normalized spacial score (nSPS) is 20.7. The molecule has 1 N–H and O–H groups in total.